The topological polar surface area (TPSA) is 139 Å². The third-order valence-corrected chi connectivity index (χ3v) is 5.96. The summed E-state index contributed by atoms with van der Waals surface area (Å²) in [6.45, 7) is 0. The molecule has 3 rings (SSSR count). The van der Waals surface area contributed by atoms with E-state index in [2.05, 4.69) is 9.71 Å². The third kappa shape index (κ3) is 3.89. The molecule has 2 aromatic heterocycles. The van der Waals surface area contributed by atoms with Crippen LogP contribution in [0.5, 0.6) is 5.75 Å². The molecule has 0 radical (unpaired) electrons. The van der Waals surface area contributed by atoms with Gasteiger partial charge < -0.3 is 10.2 Å². The molecule has 0 saturated carbocycles. The lowest BCUT2D eigenvalue weighted by Crippen LogP contribution is -2.23. The van der Waals surface area contributed by atoms with Crippen molar-refractivity contribution < 1.29 is 23.4 Å². The first-order chi connectivity index (χ1) is 13.2. The summed E-state index contributed by atoms with van der Waals surface area (Å²) in [5.74, 6) is -2.89. The number of aromatic carboxylic acids is 1. The lowest BCUT2D eigenvalue weighted by atomic mass is 10.2. The van der Waals surface area contributed by atoms with Gasteiger partial charge in [-0.3, -0.25) is 14.1 Å². The van der Waals surface area contributed by atoms with Gasteiger partial charge in [0.05, 0.1) is 16.3 Å². The van der Waals surface area contributed by atoms with Crippen LogP contribution in [-0.4, -0.2) is 34.2 Å². The van der Waals surface area contributed by atoms with E-state index in [9.17, 15) is 23.1 Å². The van der Waals surface area contributed by atoms with Crippen molar-refractivity contribution in [3.05, 3.63) is 63.4 Å². The number of aromatic nitrogens is 2. The van der Waals surface area contributed by atoms with Crippen molar-refractivity contribution in [2.24, 2.45) is 7.05 Å². The van der Waals surface area contributed by atoms with Crippen LogP contribution in [0.25, 0.3) is 10.7 Å². The van der Waals surface area contributed by atoms with Gasteiger partial charge in [-0.1, -0.05) is 30.3 Å². The first kappa shape index (κ1) is 19.6. The smallest absolute Gasteiger partial charge is 0.358 e. The molecule has 0 amide bonds. The molecule has 0 spiro atoms. The van der Waals surface area contributed by atoms with Crippen LogP contribution in [0.4, 0.5) is 5.69 Å². The Balaban J connectivity index is 2.01. The summed E-state index contributed by atoms with van der Waals surface area (Å²) in [7, 11) is -2.47. The molecule has 9 nitrogen and oxygen atoms in total. The largest absolute Gasteiger partial charge is 0.501 e. The van der Waals surface area contributed by atoms with E-state index in [0.717, 1.165) is 15.9 Å². The molecule has 0 aliphatic carbocycles. The fraction of sp³-hybridized carbons (Fsp3) is 0.118. The average molecular weight is 421 g/mol. The highest BCUT2D eigenvalue weighted by atomic mass is 32.2. The van der Waals surface area contributed by atoms with E-state index in [0.29, 0.717) is 5.56 Å². The van der Waals surface area contributed by atoms with Crippen molar-refractivity contribution in [1.82, 2.24) is 9.55 Å². The number of carboxylic acids is 1. The molecule has 0 atom stereocenters. The second kappa shape index (κ2) is 7.44. The Hall–Kier alpha value is -3.18. The van der Waals surface area contributed by atoms with Crippen LogP contribution >= 0.6 is 11.3 Å². The molecule has 146 valence electrons. The van der Waals surface area contributed by atoms with Crippen molar-refractivity contribution in [2.75, 3.05) is 4.72 Å². The summed E-state index contributed by atoms with van der Waals surface area (Å²) < 4.78 is 28.4. The maximum absolute atomic E-state index is 12.5. The SMILES string of the molecule is Cn1c(-c2sccc2NS(=O)(=O)Cc2ccccc2)nc(C(=O)O)c(O)c1=O. The van der Waals surface area contributed by atoms with Gasteiger partial charge in [0.1, 0.15) is 0 Å². The summed E-state index contributed by atoms with van der Waals surface area (Å²) in [4.78, 5) is 27.5. The Morgan fingerprint density at radius 2 is 1.93 bits per heavy atom. The lowest BCUT2D eigenvalue weighted by Gasteiger charge is -2.12. The van der Waals surface area contributed by atoms with Gasteiger partial charge in [-0.2, -0.15) is 0 Å². The number of rotatable bonds is 6. The fourth-order valence-electron chi connectivity index (χ4n) is 2.50. The normalized spacial score (nSPS) is 11.3. The minimum atomic E-state index is -3.77. The highest BCUT2D eigenvalue weighted by Gasteiger charge is 2.23. The minimum Gasteiger partial charge on any atom is -0.501 e. The summed E-state index contributed by atoms with van der Waals surface area (Å²) in [5.41, 5.74) is -1.00. The van der Waals surface area contributed by atoms with E-state index in [1.54, 1.807) is 35.7 Å². The second-order valence-electron chi connectivity index (χ2n) is 5.81. The van der Waals surface area contributed by atoms with Gasteiger partial charge in [-0.25, -0.2) is 18.2 Å². The molecular weight excluding hydrogens is 406 g/mol. The predicted molar refractivity (Wildman–Crippen MR) is 104 cm³/mol. The van der Waals surface area contributed by atoms with E-state index in [1.165, 1.54) is 13.1 Å². The molecule has 0 aliphatic rings. The molecule has 0 aliphatic heterocycles. The molecule has 0 saturated heterocycles. The number of carboxylic acid groups (broad SMARTS) is 1. The number of nitrogens with zero attached hydrogens (tertiary/aromatic N) is 2. The monoisotopic (exact) mass is 421 g/mol. The van der Waals surface area contributed by atoms with Crippen molar-refractivity contribution in [1.29, 1.82) is 0 Å². The maximum atomic E-state index is 12.5. The van der Waals surface area contributed by atoms with Gasteiger partial charge in [-0.15, -0.1) is 11.3 Å². The molecule has 0 bridgehead atoms. The summed E-state index contributed by atoms with van der Waals surface area (Å²) in [5, 5.41) is 20.4. The highest BCUT2D eigenvalue weighted by Crippen LogP contribution is 2.33. The average Bonchev–Trinajstić information content (AvgIpc) is 3.07. The molecule has 2 heterocycles. The zero-order valence-corrected chi connectivity index (χ0v) is 16.1. The van der Waals surface area contributed by atoms with Gasteiger partial charge in [0, 0.05) is 7.05 Å². The van der Waals surface area contributed by atoms with Gasteiger partial charge in [0.15, 0.2) is 11.5 Å². The van der Waals surface area contributed by atoms with E-state index < -0.39 is 33.0 Å². The molecular formula is C17H15N3O6S2. The van der Waals surface area contributed by atoms with E-state index >= 15 is 0 Å². The number of aromatic hydroxyl groups is 1. The summed E-state index contributed by atoms with van der Waals surface area (Å²) in [6.07, 6.45) is 0. The van der Waals surface area contributed by atoms with Crippen LogP contribution in [0.1, 0.15) is 16.1 Å². The quantitative estimate of drug-likeness (QED) is 0.552. The van der Waals surface area contributed by atoms with Crippen LogP contribution in [0.2, 0.25) is 0 Å². The molecule has 3 aromatic rings. The van der Waals surface area contributed by atoms with Gasteiger partial charge >= 0.3 is 5.97 Å². The number of nitrogens with one attached hydrogen (secondary N) is 1. The maximum Gasteiger partial charge on any atom is 0.358 e. The fourth-order valence-corrected chi connectivity index (χ4v) is 4.65. The number of hydrogen-bond acceptors (Lipinski definition) is 7. The van der Waals surface area contributed by atoms with Gasteiger partial charge in [0.2, 0.25) is 15.8 Å². The third-order valence-electron chi connectivity index (χ3n) is 3.80. The lowest BCUT2D eigenvalue weighted by molar-refractivity contribution is 0.0686. The standard InChI is InChI=1S/C17H15N3O6S2/c1-20-15(18-12(17(23)24)13(21)16(20)22)14-11(7-8-27-14)19-28(25,26)9-10-5-3-2-4-6-10/h2-8,19,21H,9H2,1H3,(H,23,24). The summed E-state index contributed by atoms with van der Waals surface area (Å²) in [6, 6.07) is 10.1. The van der Waals surface area contributed by atoms with Crippen LogP contribution in [0.3, 0.4) is 0 Å². The zero-order chi connectivity index (χ0) is 20.5. The zero-order valence-electron chi connectivity index (χ0n) is 14.5. The van der Waals surface area contributed by atoms with Crippen molar-refractivity contribution in [3.63, 3.8) is 0 Å². The Morgan fingerprint density at radius 1 is 1.25 bits per heavy atom. The first-order valence-electron chi connectivity index (χ1n) is 7.85. The minimum absolute atomic E-state index is 0.0763. The number of thiophene rings is 1. The number of benzene rings is 1. The van der Waals surface area contributed by atoms with Crippen LogP contribution < -0.4 is 10.3 Å². The van der Waals surface area contributed by atoms with Crippen molar-refractivity contribution in [2.45, 2.75) is 5.75 Å². The van der Waals surface area contributed by atoms with Gasteiger partial charge in [-0.05, 0) is 17.0 Å². The number of sulfonamides is 1. The molecule has 11 heteroatoms. The molecule has 0 fully saturated rings. The van der Waals surface area contributed by atoms with Crippen molar-refractivity contribution >= 4 is 33.0 Å². The second-order valence-corrected chi connectivity index (χ2v) is 8.45. The number of hydrogen-bond donors (Lipinski definition) is 3. The first-order valence-corrected chi connectivity index (χ1v) is 10.4. The predicted octanol–water partition coefficient (Wildman–Crippen LogP) is 1.85. The Kier molecular flexibility index (Phi) is 5.21. The summed E-state index contributed by atoms with van der Waals surface area (Å²) >= 11 is 1.08. The van der Waals surface area contributed by atoms with Crippen molar-refractivity contribution in [3.8, 4) is 16.5 Å². The molecule has 1 aromatic carbocycles. The Bertz CT molecular complexity index is 1200. The molecule has 3 N–H and O–H groups in total. The van der Waals surface area contributed by atoms with Crippen LogP contribution in [-0.2, 0) is 22.8 Å². The Labute approximate surface area is 163 Å². The van der Waals surface area contributed by atoms with Gasteiger partial charge in [0.25, 0.3) is 5.56 Å². The van der Waals surface area contributed by atoms with E-state index in [4.69, 9.17) is 5.11 Å². The number of anilines is 1. The molecule has 28 heavy (non-hydrogen) atoms. The highest BCUT2D eigenvalue weighted by molar-refractivity contribution is 7.92. The Morgan fingerprint density at radius 3 is 2.57 bits per heavy atom. The molecule has 0 unspecified atom stereocenters. The van der Waals surface area contributed by atoms with Crippen LogP contribution in [0.15, 0.2) is 46.6 Å². The number of carbonyl (C=O) groups is 1. The van der Waals surface area contributed by atoms with E-state index in [-0.39, 0.29) is 22.1 Å². The van der Waals surface area contributed by atoms with E-state index in [1.807, 2.05) is 0 Å². The van der Waals surface area contributed by atoms with Crippen LogP contribution in [0, 0.1) is 0 Å².